The Bertz CT molecular complexity index is 1210. The summed E-state index contributed by atoms with van der Waals surface area (Å²) in [6.07, 6.45) is 4.79. The van der Waals surface area contributed by atoms with Gasteiger partial charge in [-0.3, -0.25) is 9.78 Å². The van der Waals surface area contributed by atoms with Crippen LogP contribution in [0.2, 0.25) is 0 Å². The van der Waals surface area contributed by atoms with Crippen molar-refractivity contribution in [2.45, 2.75) is 19.8 Å². The predicted molar refractivity (Wildman–Crippen MR) is 117 cm³/mol. The molecule has 9 heteroatoms. The monoisotopic (exact) mass is 414 g/mol. The Morgan fingerprint density at radius 2 is 1.97 bits per heavy atom. The minimum absolute atomic E-state index is 0.0185. The number of carbonyl (C=O) groups is 1. The molecular weight excluding hydrogens is 392 g/mol. The van der Waals surface area contributed by atoms with Gasteiger partial charge < -0.3 is 10.2 Å². The van der Waals surface area contributed by atoms with Gasteiger partial charge in [0, 0.05) is 24.2 Å². The van der Waals surface area contributed by atoms with Gasteiger partial charge in [0.25, 0.3) is 0 Å². The van der Waals surface area contributed by atoms with Crippen molar-refractivity contribution in [2.75, 3.05) is 23.3 Å². The lowest BCUT2D eigenvalue weighted by molar-refractivity contribution is -0.120. The van der Waals surface area contributed by atoms with E-state index in [9.17, 15) is 4.79 Å². The number of rotatable bonds is 4. The number of aryl methyl sites for hydroxylation is 1. The second kappa shape index (κ2) is 8.10. The Kier molecular flexibility index (Phi) is 4.99. The summed E-state index contributed by atoms with van der Waals surface area (Å²) >= 11 is 0. The fraction of sp³-hybridized carbons (Fsp3) is 0.273. The third kappa shape index (κ3) is 3.94. The van der Waals surface area contributed by atoms with E-state index in [0.717, 1.165) is 47.5 Å². The SMILES string of the molecule is Cc1ccc2c(NC(=O)C3CCCN(c4ccc(-n5cncn5)nn4)C3)cccc2n1. The number of pyridine rings is 1. The highest BCUT2D eigenvalue weighted by molar-refractivity contribution is 6.02. The Balaban J connectivity index is 1.30. The molecule has 1 aliphatic rings. The van der Waals surface area contributed by atoms with Crippen molar-refractivity contribution in [1.29, 1.82) is 0 Å². The summed E-state index contributed by atoms with van der Waals surface area (Å²) in [5.41, 5.74) is 2.63. The van der Waals surface area contributed by atoms with Crippen molar-refractivity contribution in [1.82, 2.24) is 29.9 Å². The first-order valence-electron chi connectivity index (χ1n) is 10.3. The van der Waals surface area contributed by atoms with E-state index < -0.39 is 0 Å². The number of hydrogen-bond donors (Lipinski definition) is 1. The number of fused-ring (bicyclic) bond motifs is 1. The van der Waals surface area contributed by atoms with E-state index in [4.69, 9.17) is 0 Å². The fourth-order valence-corrected chi connectivity index (χ4v) is 3.94. The van der Waals surface area contributed by atoms with Crippen molar-refractivity contribution in [3.63, 3.8) is 0 Å². The van der Waals surface area contributed by atoms with E-state index in [1.807, 2.05) is 49.4 Å². The molecule has 0 bridgehead atoms. The van der Waals surface area contributed by atoms with Crippen LogP contribution in [0.5, 0.6) is 0 Å². The summed E-state index contributed by atoms with van der Waals surface area (Å²) in [6, 6.07) is 13.5. The van der Waals surface area contributed by atoms with E-state index in [1.54, 1.807) is 11.0 Å². The highest BCUT2D eigenvalue weighted by Crippen LogP contribution is 2.26. The molecule has 4 heterocycles. The molecule has 1 atom stereocenters. The number of aromatic nitrogens is 6. The molecule has 1 saturated heterocycles. The first kappa shape index (κ1) is 19.1. The summed E-state index contributed by atoms with van der Waals surface area (Å²) in [4.78, 5) is 23.6. The molecule has 1 N–H and O–H groups in total. The van der Waals surface area contributed by atoms with E-state index in [2.05, 4.69) is 35.5 Å². The topological polar surface area (TPSA) is 102 Å². The van der Waals surface area contributed by atoms with Gasteiger partial charge >= 0.3 is 0 Å². The van der Waals surface area contributed by atoms with Gasteiger partial charge in [-0.1, -0.05) is 6.07 Å². The lowest BCUT2D eigenvalue weighted by Gasteiger charge is -2.32. The maximum Gasteiger partial charge on any atom is 0.229 e. The van der Waals surface area contributed by atoms with Crippen LogP contribution in [-0.4, -0.2) is 48.9 Å². The van der Waals surface area contributed by atoms with Gasteiger partial charge in [-0.2, -0.15) is 5.10 Å². The Morgan fingerprint density at radius 3 is 2.77 bits per heavy atom. The summed E-state index contributed by atoms with van der Waals surface area (Å²) in [5.74, 6) is 1.25. The molecule has 0 spiro atoms. The number of nitrogens with zero attached hydrogens (tertiary/aromatic N) is 7. The Hall–Kier alpha value is -3.88. The van der Waals surface area contributed by atoms with Gasteiger partial charge in [-0.25, -0.2) is 9.67 Å². The minimum Gasteiger partial charge on any atom is -0.354 e. The second-order valence-corrected chi connectivity index (χ2v) is 7.69. The van der Waals surface area contributed by atoms with Crippen molar-refractivity contribution >= 4 is 28.3 Å². The Morgan fingerprint density at radius 1 is 1.10 bits per heavy atom. The number of hydrogen-bond acceptors (Lipinski definition) is 7. The number of nitrogens with one attached hydrogen (secondary N) is 1. The molecule has 9 nitrogen and oxygen atoms in total. The second-order valence-electron chi connectivity index (χ2n) is 7.69. The molecule has 3 aromatic heterocycles. The molecular formula is C22H22N8O. The molecule has 31 heavy (non-hydrogen) atoms. The number of carbonyl (C=O) groups excluding carboxylic acids is 1. The standard InChI is InChI=1S/C22H22N8O/c1-15-7-8-17-18(25-15)5-2-6-19(17)26-22(31)16-4-3-11-29(12-16)20-9-10-21(28-27-20)30-14-23-13-24-30/h2,5-10,13-14,16H,3-4,11-12H2,1H3,(H,26,31). The van der Waals surface area contributed by atoms with E-state index >= 15 is 0 Å². The van der Waals surface area contributed by atoms with Crippen LogP contribution in [0.15, 0.2) is 55.1 Å². The molecule has 156 valence electrons. The van der Waals surface area contributed by atoms with Crippen molar-refractivity contribution in [3.8, 4) is 5.82 Å². The third-order valence-corrected chi connectivity index (χ3v) is 5.54. The molecule has 0 saturated carbocycles. The zero-order valence-electron chi connectivity index (χ0n) is 17.1. The number of anilines is 2. The summed E-state index contributed by atoms with van der Waals surface area (Å²) in [6.45, 7) is 3.41. The molecule has 5 rings (SSSR count). The van der Waals surface area contributed by atoms with Gasteiger partial charge in [-0.15, -0.1) is 10.2 Å². The van der Waals surface area contributed by atoms with E-state index in [1.165, 1.54) is 6.33 Å². The zero-order chi connectivity index (χ0) is 21.2. The first-order valence-corrected chi connectivity index (χ1v) is 10.3. The molecule has 1 unspecified atom stereocenters. The largest absolute Gasteiger partial charge is 0.354 e. The normalized spacial score (nSPS) is 16.4. The fourth-order valence-electron chi connectivity index (χ4n) is 3.94. The van der Waals surface area contributed by atoms with Crippen LogP contribution in [0.1, 0.15) is 18.5 Å². The number of benzene rings is 1. The van der Waals surface area contributed by atoms with Crippen molar-refractivity contribution in [3.05, 3.63) is 60.8 Å². The summed E-state index contributed by atoms with van der Waals surface area (Å²) in [7, 11) is 0. The van der Waals surface area contributed by atoms with Crippen molar-refractivity contribution in [2.24, 2.45) is 5.92 Å². The maximum atomic E-state index is 13.1. The van der Waals surface area contributed by atoms with Crippen LogP contribution >= 0.6 is 0 Å². The van der Waals surface area contributed by atoms with Crippen molar-refractivity contribution < 1.29 is 4.79 Å². The van der Waals surface area contributed by atoms with Gasteiger partial charge in [0.1, 0.15) is 12.7 Å². The predicted octanol–water partition coefficient (Wildman–Crippen LogP) is 2.77. The number of amides is 1. The number of piperidine rings is 1. The van der Waals surface area contributed by atoms with E-state index in [0.29, 0.717) is 12.4 Å². The average molecular weight is 414 g/mol. The molecule has 1 aliphatic heterocycles. The van der Waals surface area contributed by atoms with Crippen LogP contribution in [0.4, 0.5) is 11.5 Å². The lowest BCUT2D eigenvalue weighted by Crippen LogP contribution is -2.41. The van der Waals surface area contributed by atoms with Crippen LogP contribution < -0.4 is 10.2 Å². The van der Waals surface area contributed by atoms with Gasteiger partial charge in [-0.05, 0) is 56.2 Å². The van der Waals surface area contributed by atoms with Gasteiger partial charge in [0.05, 0.1) is 17.1 Å². The summed E-state index contributed by atoms with van der Waals surface area (Å²) < 4.78 is 1.56. The first-order chi connectivity index (χ1) is 15.2. The van der Waals surface area contributed by atoms with Crippen LogP contribution in [0.3, 0.4) is 0 Å². The molecule has 0 radical (unpaired) electrons. The highest BCUT2D eigenvalue weighted by Gasteiger charge is 2.27. The molecule has 1 aromatic carbocycles. The van der Waals surface area contributed by atoms with Gasteiger partial charge in [0.15, 0.2) is 11.6 Å². The molecule has 0 aliphatic carbocycles. The molecule has 1 fully saturated rings. The van der Waals surface area contributed by atoms with Gasteiger partial charge in [0.2, 0.25) is 5.91 Å². The third-order valence-electron chi connectivity index (χ3n) is 5.54. The summed E-state index contributed by atoms with van der Waals surface area (Å²) in [5, 5.41) is 16.7. The smallest absolute Gasteiger partial charge is 0.229 e. The van der Waals surface area contributed by atoms with E-state index in [-0.39, 0.29) is 11.8 Å². The van der Waals surface area contributed by atoms with Crippen LogP contribution in [-0.2, 0) is 4.79 Å². The lowest BCUT2D eigenvalue weighted by atomic mass is 9.97. The zero-order valence-corrected chi connectivity index (χ0v) is 17.1. The minimum atomic E-state index is -0.126. The average Bonchev–Trinajstić information content (AvgIpc) is 3.34. The highest BCUT2D eigenvalue weighted by atomic mass is 16.1. The maximum absolute atomic E-state index is 13.1. The quantitative estimate of drug-likeness (QED) is 0.548. The van der Waals surface area contributed by atoms with Crippen LogP contribution in [0.25, 0.3) is 16.7 Å². The molecule has 1 amide bonds. The van der Waals surface area contributed by atoms with Crippen LogP contribution in [0, 0.1) is 12.8 Å². The Labute approximate surface area is 179 Å². The molecule has 4 aromatic rings.